The molecule has 7 heteroatoms. The Hall–Kier alpha value is -2.05. The zero-order valence-corrected chi connectivity index (χ0v) is 12.8. The molecule has 0 saturated heterocycles. The lowest BCUT2D eigenvalue weighted by Gasteiger charge is -2.27. The number of aryl methyl sites for hydroxylation is 2. The molecular formula is C14H24N4O3. The van der Waals surface area contributed by atoms with Crippen LogP contribution < -0.4 is 5.32 Å². The van der Waals surface area contributed by atoms with Crippen molar-refractivity contribution in [1.82, 2.24) is 20.4 Å². The Morgan fingerprint density at radius 3 is 2.76 bits per heavy atom. The standard InChI is InChI=1S/C14H24N4O3/c1-4-10(2)18(9-13(19)20)14(21)15-7-5-6-12-8-16-17-11(12)3/h8,10H,4-7,9H2,1-3H3,(H,15,21)(H,16,17)(H,19,20). The summed E-state index contributed by atoms with van der Waals surface area (Å²) in [5.74, 6) is -1.00. The average Bonchev–Trinajstić information content (AvgIpc) is 2.85. The van der Waals surface area contributed by atoms with Crippen LogP contribution in [0.25, 0.3) is 0 Å². The summed E-state index contributed by atoms with van der Waals surface area (Å²) in [7, 11) is 0. The van der Waals surface area contributed by atoms with Gasteiger partial charge in [0, 0.05) is 18.3 Å². The second-order valence-electron chi connectivity index (χ2n) is 5.13. The molecule has 0 fully saturated rings. The molecule has 1 heterocycles. The first-order chi connectivity index (χ1) is 9.95. The van der Waals surface area contributed by atoms with Crippen molar-refractivity contribution < 1.29 is 14.7 Å². The van der Waals surface area contributed by atoms with Crippen LogP contribution in [0.4, 0.5) is 4.79 Å². The van der Waals surface area contributed by atoms with Gasteiger partial charge in [-0.2, -0.15) is 5.10 Å². The third-order valence-corrected chi connectivity index (χ3v) is 3.52. The number of carbonyl (C=O) groups excluding carboxylic acids is 1. The Kier molecular flexibility index (Phi) is 6.71. The first-order valence-electron chi connectivity index (χ1n) is 7.20. The number of carboxylic acid groups (broad SMARTS) is 1. The Morgan fingerprint density at radius 2 is 2.24 bits per heavy atom. The van der Waals surface area contributed by atoms with Gasteiger partial charge in [0.1, 0.15) is 6.54 Å². The number of carbonyl (C=O) groups is 2. The van der Waals surface area contributed by atoms with Crippen molar-refractivity contribution in [2.45, 2.75) is 46.1 Å². The normalized spacial score (nSPS) is 12.0. The first kappa shape index (κ1) is 17.0. The number of hydrogen-bond donors (Lipinski definition) is 3. The Balaban J connectivity index is 2.39. The van der Waals surface area contributed by atoms with E-state index in [1.165, 1.54) is 4.90 Å². The minimum Gasteiger partial charge on any atom is -0.480 e. The van der Waals surface area contributed by atoms with Crippen LogP contribution in [-0.4, -0.2) is 51.3 Å². The van der Waals surface area contributed by atoms with Gasteiger partial charge in [0.2, 0.25) is 0 Å². The zero-order valence-electron chi connectivity index (χ0n) is 12.8. The number of carboxylic acids is 1. The van der Waals surface area contributed by atoms with Gasteiger partial charge in [-0.05, 0) is 38.7 Å². The predicted octanol–water partition coefficient (Wildman–Crippen LogP) is 1.55. The third-order valence-electron chi connectivity index (χ3n) is 3.52. The Morgan fingerprint density at radius 1 is 1.52 bits per heavy atom. The number of H-pyrrole nitrogens is 1. The van der Waals surface area contributed by atoms with Gasteiger partial charge in [0.05, 0.1) is 6.20 Å². The number of nitrogens with one attached hydrogen (secondary N) is 2. The van der Waals surface area contributed by atoms with E-state index >= 15 is 0 Å². The molecule has 0 aromatic carbocycles. The minimum atomic E-state index is -1.00. The smallest absolute Gasteiger partial charge is 0.323 e. The fourth-order valence-electron chi connectivity index (χ4n) is 2.00. The SMILES string of the molecule is CCC(C)N(CC(=O)O)C(=O)NCCCc1cn[nH]c1C. The van der Waals surface area contributed by atoms with Crippen molar-refractivity contribution in [2.24, 2.45) is 0 Å². The molecule has 1 aromatic heterocycles. The van der Waals surface area contributed by atoms with Gasteiger partial charge in [0.15, 0.2) is 0 Å². The summed E-state index contributed by atoms with van der Waals surface area (Å²) in [4.78, 5) is 24.2. The quantitative estimate of drug-likeness (QED) is 0.634. The molecule has 0 radical (unpaired) electrons. The van der Waals surface area contributed by atoms with Crippen molar-refractivity contribution in [3.8, 4) is 0 Å². The molecule has 118 valence electrons. The van der Waals surface area contributed by atoms with Gasteiger partial charge in [-0.1, -0.05) is 6.92 Å². The highest BCUT2D eigenvalue weighted by atomic mass is 16.4. The molecule has 0 aliphatic carbocycles. The molecular weight excluding hydrogens is 272 g/mol. The van der Waals surface area contributed by atoms with Gasteiger partial charge in [-0.15, -0.1) is 0 Å². The molecule has 2 amide bonds. The van der Waals surface area contributed by atoms with E-state index in [1.54, 1.807) is 6.20 Å². The van der Waals surface area contributed by atoms with Crippen LogP contribution in [0.1, 0.15) is 37.9 Å². The Bertz CT molecular complexity index is 473. The second kappa shape index (κ2) is 8.28. The van der Waals surface area contributed by atoms with Crippen LogP contribution in [0.2, 0.25) is 0 Å². The second-order valence-corrected chi connectivity index (χ2v) is 5.13. The fraction of sp³-hybridized carbons (Fsp3) is 0.643. The van der Waals surface area contributed by atoms with Crippen molar-refractivity contribution in [3.63, 3.8) is 0 Å². The fourth-order valence-corrected chi connectivity index (χ4v) is 2.00. The maximum Gasteiger partial charge on any atom is 0.323 e. The summed E-state index contributed by atoms with van der Waals surface area (Å²) in [5, 5.41) is 18.5. The monoisotopic (exact) mass is 296 g/mol. The van der Waals surface area contributed by atoms with E-state index in [-0.39, 0.29) is 18.6 Å². The van der Waals surface area contributed by atoms with E-state index < -0.39 is 5.97 Å². The van der Waals surface area contributed by atoms with Crippen LogP contribution in [0.5, 0.6) is 0 Å². The van der Waals surface area contributed by atoms with Crippen LogP contribution >= 0.6 is 0 Å². The van der Waals surface area contributed by atoms with E-state index in [4.69, 9.17) is 5.11 Å². The van der Waals surface area contributed by atoms with Crippen molar-refractivity contribution >= 4 is 12.0 Å². The molecule has 1 rings (SSSR count). The highest BCUT2D eigenvalue weighted by Crippen LogP contribution is 2.06. The molecule has 1 unspecified atom stereocenters. The largest absolute Gasteiger partial charge is 0.480 e. The number of rotatable bonds is 8. The van der Waals surface area contributed by atoms with E-state index in [2.05, 4.69) is 15.5 Å². The first-order valence-corrected chi connectivity index (χ1v) is 7.20. The molecule has 3 N–H and O–H groups in total. The number of aliphatic carboxylic acids is 1. The summed E-state index contributed by atoms with van der Waals surface area (Å²) >= 11 is 0. The van der Waals surface area contributed by atoms with E-state index in [0.29, 0.717) is 6.54 Å². The highest BCUT2D eigenvalue weighted by Gasteiger charge is 2.20. The van der Waals surface area contributed by atoms with Gasteiger partial charge in [0.25, 0.3) is 0 Å². The van der Waals surface area contributed by atoms with Gasteiger partial charge in [-0.3, -0.25) is 9.89 Å². The molecule has 0 bridgehead atoms. The Labute approximate surface area is 124 Å². The molecule has 0 aliphatic heterocycles. The van der Waals surface area contributed by atoms with Crippen molar-refractivity contribution in [3.05, 3.63) is 17.5 Å². The molecule has 0 spiro atoms. The van der Waals surface area contributed by atoms with Crippen LogP contribution in [0.3, 0.4) is 0 Å². The van der Waals surface area contributed by atoms with E-state index in [0.717, 1.165) is 30.5 Å². The molecule has 7 nitrogen and oxygen atoms in total. The van der Waals surface area contributed by atoms with Crippen molar-refractivity contribution in [2.75, 3.05) is 13.1 Å². The molecule has 21 heavy (non-hydrogen) atoms. The number of aromatic amines is 1. The van der Waals surface area contributed by atoms with Gasteiger partial charge < -0.3 is 15.3 Å². The maximum absolute atomic E-state index is 12.0. The summed E-state index contributed by atoms with van der Waals surface area (Å²) in [5.41, 5.74) is 2.17. The molecule has 1 atom stereocenters. The molecule has 0 aliphatic rings. The summed E-state index contributed by atoms with van der Waals surface area (Å²) in [6.07, 6.45) is 4.11. The summed E-state index contributed by atoms with van der Waals surface area (Å²) < 4.78 is 0. The summed E-state index contributed by atoms with van der Waals surface area (Å²) in [6.45, 7) is 5.96. The number of nitrogens with zero attached hydrogens (tertiary/aromatic N) is 2. The third kappa shape index (κ3) is 5.45. The lowest BCUT2D eigenvalue weighted by Crippen LogP contribution is -2.47. The lowest BCUT2D eigenvalue weighted by atomic mass is 10.1. The van der Waals surface area contributed by atoms with Crippen molar-refractivity contribution in [1.29, 1.82) is 0 Å². The minimum absolute atomic E-state index is 0.0998. The highest BCUT2D eigenvalue weighted by molar-refractivity contribution is 5.80. The zero-order chi connectivity index (χ0) is 15.8. The van der Waals surface area contributed by atoms with Crippen LogP contribution in [-0.2, 0) is 11.2 Å². The lowest BCUT2D eigenvalue weighted by molar-refractivity contribution is -0.138. The van der Waals surface area contributed by atoms with E-state index in [1.807, 2.05) is 20.8 Å². The molecule has 1 aromatic rings. The van der Waals surface area contributed by atoms with Gasteiger partial charge in [-0.25, -0.2) is 4.79 Å². The summed E-state index contributed by atoms with van der Waals surface area (Å²) in [6, 6.07) is -0.423. The topological polar surface area (TPSA) is 98.3 Å². The van der Waals surface area contributed by atoms with Gasteiger partial charge >= 0.3 is 12.0 Å². The van der Waals surface area contributed by atoms with E-state index in [9.17, 15) is 9.59 Å². The number of urea groups is 1. The van der Waals surface area contributed by atoms with Crippen LogP contribution in [0, 0.1) is 6.92 Å². The predicted molar refractivity (Wildman–Crippen MR) is 79.1 cm³/mol. The van der Waals surface area contributed by atoms with Crippen LogP contribution in [0.15, 0.2) is 6.20 Å². The maximum atomic E-state index is 12.0. The average molecular weight is 296 g/mol. The number of hydrogen-bond acceptors (Lipinski definition) is 3. The number of amides is 2. The molecule has 0 saturated carbocycles. The number of aromatic nitrogens is 2.